The molecule has 0 spiro atoms. The molecular formula is C16H26N2O2. The molecule has 1 aromatic heterocycles. The molecule has 112 valence electrons. The lowest BCUT2D eigenvalue weighted by molar-refractivity contribution is 0.101. The lowest BCUT2D eigenvalue weighted by atomic mass is 9.97. The number of hydrogen-bond donors (Lipinski definition) is 1. The molecule has 1 aliphatic heterocycles. The van der Waals surface area contributed by atoms with Gasteiger partial charge in [0.15, 0.2) is 0 Å². The van der Waals surface area contributed by atoms with Gasteiger partial charge in [0.1, 0.15) is 5.75 Å². The molecule has 2 rings (SSSR count). The van der Waals surface area contributed by atoms with E-state index in [9.17, 15) is 0 Å². The molecule has 0 aromatic carbocycles. The maximum Gasteiger partial charge on any atom is 0.128 e. The fraction of sp³-hybridized carbons (Fsp3) is 0.688. The summed E-state index contributed by atoms with van der Waals surface area (Å²) in [4.78, 5) is 4.45. The molecular weight excluding hydrogens is 252 g/mol. The van der Waals surface area contributed by atoms with E-state index in [1.54, 1.807) is 7.11 Å². The molecule has 0 bridgehead atoms. The summed E-state index contributed by atoms with van der Waals surface area (Å²) in [5.74, 6) is 1.69. The van der Waals surface area contributed by atoms with Crippen LogP contribution in [0.3, 0.4) is 0 Å². The quantitative estimate of drug-likeness (QED) is 0.812. The lowest BCUT2D eigenvalue weighted by Gasteiger charge is -2.22. The van der Waals surface area contributed by atoms with Crippen molar-refractivity contribution in [3.05, 3.63) is 23.0 Å². The van der Waals surface area contributed by atoms with Crippen molar-refractivity contribution >= 4 is 0 Å². The van der Waals surface area contributed by atoms with Gasteiger partial charge in [0.25, 0.3) is 0 Å². The van der Waals surface area contributed by atoms with Crippen LogP contribution in [-0.2, 0) is 11.3 Å². The number of pyridine rings is 1. The Kier molecular flexibility index (Phi) is 5.80. The molecule has 1 unspecified atom stereocenters. The predicted octanol–water partition coefficient (Wildman–Crippen LogP) is 2.61. The topological polar surface area (TPSA) is 43.4 Å². The third kappa shape index (κ3) is 3.93. The molecule has 1 aliphatic rings. The Morgan fingerprint density at radius 3 is 2.95 bits per heavy atom. The zero-order chi connectivity index (χ0) is 14.4. The van der Waals surface area contributed by atoms with Crippen LogP contribution in [-0.4, -0.2) is 31.8 Å². The Morgan fingerprint density at radius 1 is 1.40 bits per heavy atom. The Hall–Kier alpha value is -1.13. The molecule has 1 atom stereocenters. The van der Waals surface area contributed by atoms with Gasteiger partial charge in [0, 0.05) is 23.9 Å². The Labute approximate surface area is 121 Å². The molecule has 1 aromatic rings. The van der Waals surface area contributed by atoms with Crippen molar-refractivity contribution in [1.29, 1.82) is 0 Å². The summed E-state index contributed by atoms with van der Waals surface area (Å²) in [5, 5.41) is 3.44. The van der Waals surface area contributed by atoms with Crippen LogP contribution in [0.5, 0.6) is 5.75 Å². The molecule has 1 fully saturated rings. The molecule has 1 N–H and O–H groups in total. The second-order valence-electron chi connectivity index (χ2n) is 5.60. The SMILES string of the molecule is COc1c(C)cnc(COCCC2CCCNC2)c1C. The van der Waals surface area contributed by atoms with E-state index in [2.05, 4.69) is 10.3 Å². The van der Waals surface area contributed by atoms with Crippen molar-refractivity contribution in [2.75, 3.05) is 26.8 Å². The van der Waals surface area contributed by atoms with Crippen LogP contribution >= 0.6 is 0 Å². The maximum absolute atomic E-state index is 5.80. The smallest absolute Gasteiger partial charge is 0.128 e. The van der Waals surface area contributed by atoms with Crippen molar-refractivity contribution in [2.24, 2.45) is 5.92 Å². The van der Waals surface area contributed by atoms with Crippen LogP contribution < -0.4 is 10.1 Å². The average Bonchev–Trinajstić information content (AvgIpc) is 2.47. The van der Waals surface area contributed by atoms with Crippen LogP contribution in [0.1, 0.15) is 36.1 Å². The second kappa shape index (κ2) is 7.60. The highest BCUT2D eigenvalue weighted by molar-refractivity contribution is 5.40. The van der Waals surface area contributed by atoms with Gasteiger partial charge in [-0.25, -0.2) is 0 Å². The van der Waals surface area contributed by atoms with Crippen molar-refractivity contribution < 1.29 is 9.47 Å². The van der Waals surface area contributed by atoms with Crippen LogP contribution in [0.15, 0.2) is 6.20 Å². The third-order valence-electron chi connectivity index (χ3n) is 4.06. The first-order chi connectivity index (χ1) is 9.72. The second-order valence-corrected chi connectivity index (χ2v) is 5.60. The number of nitrogens with one attached hydrogen (secondary N) is 1. The highest BCUT2D eigenvalue weighted by Gasteiger charge is 2.13. The highest BCUT2D eigenvalue weighted by atomic mass is 16.5. The summed E-state index contributed by atoms with van der Waals surface area (Å²) in [7, 11) is 1.70. The van der Waals surface area contributed by atoms with Crippen LogP contribution in [0.25, 0.3) is 0 Å². The predicted molar refractivity (Wildman–Crippen MR) is 80.1 cm³/mol. The highest BCUT2D eigenvalue weighted by Crippen LogP contribution is 2.24. The van der Waals surface area contributed by atoms with E-state index < -0.39 is 0 Å². The number of methoxy groups -OCH3 is 1. The van der Waals surface area contributed by atoms with E-state index >= 15 is 0 Å². The van der Waals surface area contributed by atoms with E-state index in [4.69, 9.17) is 9.47 Å². The average molecular weight is 278 g/mol. The van der Waals surface area contributed by atoms with E-state index in [0.717, 1.165) is 48.1 Å². The van der Waals surface area contributed by atoms with Gasteiger partial charge in [-0.15, -0.1) is 0 Å². The van der Waals surface area contributed by atoms with Crippen molar-refractivity contribution in [2.45, 2.75) is 39.7 Å². The number of aromatic nitrogens is 1. The number of rotatable bonds is 6. The summed E-state index contributed by atoms with van der Waals surface area (Å²) in [6.07, 6.45) is 5.61. The van der Waals surface area contributed by atoms with E-state index in [0.29, 0.717) is 6.61 Å². The van der Waals surface area contributed by atoms with Gasteiger partial charge in [-0.1, -0.05) is 0 Å². The van der Waals surface area contributed by atoms with E-state index in [-0.39, 0.29) is 0 Å². The minimum Gasteiger partial charge on any atom is -0.496 e. The van der Waals surface area contributed by atoms with Gasteiger partial charge in [-0.2, -0.15) is 0 Å². The number of ether oxygens (including phenoxy) is 2. The summed E-state index contributed by atoms with van der Waals surface area (Å²) in [6, 6.07) is 0. The standard InChI is InChI=1S/C16H26N2O2/c1-12-9-18-15(13(2)16(12)19-3)11-20-8-6-14-5-4-7-17-10-14/h9,14,17H,4-8,10-11H2,1-3H3. The van der Waals surface area contributed by atoms with Gasteiger partial charge >= 0.3 is 0 Å². The summed E-state index contributed by atoms with van der Waals surface area (Å²) >= 11 is 0. The molecule has 0 amide bonds. The first-order valence-corrected chi connectivity index (χ1v) is 7.50. The minimum absolute atomic E-state index is 0.572. The molecule has 1 saturated heterocycles. The Morgan fingerprint density at radius 2 is 2.25 bits per heavy atom. The molecule has 2 heterocycles. The lowest BCUT2D eigenvalue weighted by Crippen LogP contribution is -2.30. The normalized spacial score (nSPS) is 19.1. The molecule has 0 radical (unpaired) electrons. The molecule has 0 saturated carbocycles. The van der Waals surface area contributed by atoms with Crippen molar-refractivity contribution in [3.8, 4) is 5.75 Å². The van der Waals surface area contributed by atoms with Gasteiger partial charge in [-0.3, -0.25) is 4.98 Å². The fourth-order valence-electron chi connectivity index (χ4n) is 2.81. The monoisotopic (exact) mass is 278 g/mol. The first kappa shape index (κ1) is 15.3. The summed E-state index contributed by atoms with van der Waals surface area (Å²) < 4.78 is 11.2. The maximum atomic E-state index is 5.80. The zero-order valence-corrected chi connectivity index (χ0v) is 12.9. The van der Waals surface area contributed by atoms with E-state index in [1.807, 2.05) is 20.0 Å². The van der Waals surface area contributed by atoms with E-state index in [1.165, 1.54) is 19.4 Å². The third-order valence-corrected chi connectivity index (χ3v) is 4.06. The number of aryl methyl sites for hydroxylation is 1. The van der Waals surface area contributed by atoms with Crippen molar-refractivity contribution in [3.63, 3.8) is 0 Å². The zero-order valence-electron chi connectivity index (χ0n) is 12.9. The van der Waals surface area contributed by atoms with Crippen LogP contribution in [0.4, 0.5) is 0 Å². The molecule has 0 aliphatic carbocycles. The largest absolute Gasteiger partial charge is 0.496 e. The molecule has 4 heteroatoms. The minimum atomic E-state index is 0.572. The first-order valence-electron chi connectivity index (χ1n) is 7.50. The van der Waals surface area contributed by atoms with Crippen molar-refractivity contribution in [1.82, 2.24) is 10.3 Å². The molecule has 20 heavy (non-hydrogen) atoms. The summed E-state index contributed by atoms with van der Waals surface area (Å²) in [5.41, 5.74) is 3.14. The fourth-order valence-corrected chi connectivity index (χ4v) is 2.81. The van der Waals surface area contributed by atoms with Gasteiger partial charge in [0.05, 0.1) is 19.4 Å². The Balaban J connectivity index is 1.79. The van der Waals surface area contributed by atoms with Crippen LogP contribution in [0, 0.1) is 19.8 Å². The van der Waals surface area contributed by atoms with Gasteiger partial charge in [-0.05, 0) is 52.1 Å². The van der Waals surface area contributed by atoms with Gasteiger partial charge < -0.3 is 14.8 Å². The molecule has 4 nitrogen and oxygen atoms in total. The summed E-state index contributed by atoms with van der Waals surface area (Å²) in [6.45, 7) is 7.75. The number of hydrogen-bond acceptors (Lipinski definition) is 4. The Bertz CT molecular complexity index is 429. The van der Waals surface area contributed by atoms with Gasteiger partial charge in [0.2, 0.25) is 0 Å². The van der Waals surface area contributed by atoms with Crippen LogP contribution in [0.2, 0.25) is 0 Å². The number of piperidine rings is 1. The number of nitrogens with zero attached hydrogens (tertiary/aromatic N) is 1.